The predicted octanol–water partition coefficient (Wildman–Crippen LogP) is 4.03. The zero-order chi connectivity index (χ0) is 14.5. The van der Waals surface area contributed by atoms with Gasteiger partial charge in [0.05, 0.1) is 5.02 Å². The van der Waals surface area contributed by atoms with Gasteiger partial charge in [-0.2, -0.15) is 0 Å². The quantitative estimate of drug-likeness (QED) is 0.650. The van der Waals surface area contributed by atoms with E-state index in [1.807, 2.05) is 18.2 Å². The summed E-state index contributed by atoms with van der Waals surface area (Å²) in [6.45, 7) is 4.46. The normalized spacial score (nSPS) is 19.7. The Kier molecular flexibility index (Phi) is 5.30. The van der Waals surface area contributed by atoms with Gasteiger partial charge in [-0.1, -0.05) is 31.4 Å². The SMILES string of the molecule is CCCC1CCCN(c2ccc(C(=N)N)c(Cl)c2)CC1. The second-order valence-corrected chi connectivity index (χ2v) is 6.06. The van der Waals surface area contributed by atoms with Gasteiger partial charge >= 0.3 is 0 Å². The zero-order valence-corrected chi connectivity index (χ0v) is 12.9. The van der Waals surface area contributed by atoms with E-state index in [0.717, 1.165) is 24.7 Å². The summed E-state index contributed by atoms with van der Waals surface area (Å²) in [5, 5.41) is 8.05. The summed E-state index contributed by atoms with van der Waals surface area (Å²) < 4.78 is 0. The first kappa shape index (κ1) is 15.2. The van der Waals surface area contributed by atoms with E-state index in [-0.39, 0.29) is 5.84 Å². The highest BCUT2D eigenvalue weighted by Crippen LogP contribution is 2.28. The third-order valence-corrected chi connectivity index (χ3v) is 4.47. The van der Waals surface area contributed by atoms with Crippen LogP contribution in [-0.2, 0) is 0 Å². The minimum atomic E-state index is 0.0282. The fourth-order valence-electron chi connectivity index (χ4n) is 3.04. The van der Waals surface area contributed by atoms with Crippen molar-refractivity contribution in [3.8, 4) is 0 Å². The summed E-state index contributed by atoms with van der Waals surface area (Å²) in [5.41, 5.74) is 7.27. The Hall–Kier alpha value is -1.22. The molecule has 110 valence electrons. The lowest BCUT2D eigenvalue weighted by molar-refractivity contribution is 0.435. The highest BCUT2D eigenvalue weighted by Gasteiger charge is 2.17. The molecule has 1 heterocycles. The van der Waals surface area contributed by atoms with Crippen molar-refractivity contribution in [3.63, 3.8) is 0 Å². The number of nitrogens with zero attached hydrogens (tertiary/aromatic N) is 1. The number of benzene rings is 1. The van der Waals surface area contributed by atoms with E-state index in [4.69, 9.17) is 22.7 Å². The van der Waals surface area contributed by atoms with Gasteiger partial charge in [0.1, 0.15) is 5.84 Å². The van der Waals surface area contributed by atoms with Gasteiger partial charge in [0.2, 0.25) is 0 Å². The number of nitrogen functional groups attached to an aromatic ring is 1. The summed E-state index contributed by atoms with van der Waals surface area (Å²) >= 11 is 6.22. The van der Waals surface area contributed by atoms with Crippen LogP contribution >= 0.6 is 11.6 Å². The molecule has 0 saturated carbocycles. The molecule has 1 aliphatic rings. The van der Waals surface area contributed by atoms with E-state index in [1.54, 1.807) is 0 Å². The molecule has 1 aromatic rings. The van der Waals surface area contributed by atoms with Crippen molar-refractivity contribution in [2.75, 3.05) is 18.0 Å². The van der Waals surface area contributed by atoms with Gasteiger partial charge in [-0.05, 0) is 43.4 Å². The Morgan fingerprint density at radius 3 is 2.85 bits per heavy atom. The smallest absolute Gasteiger partial charge is 0.124 e. The average Bonchev–Trinajstić information content (AvgIpc) is 2.64. The molecule has 3 N–H and O–H groups in total. The molecular formula is C16H24ClN3. The molecule has 1 unspecified atom stereocenters. The second kappa shape index (κ2) is 6.98. The standard InChI is InChI=1S/C16H24ClN3/c1-2-4-12-5-3-9-20(10-8-12)13-6-7-14(16(18)19)15(17)11-13/h6-7,11-12H,2-5,8-10H2,1H3,(H3,18,19). The first-order valence-corrected chi connectivity index (χ1v) is 7.88. The van der Waals surface area contributed by atoms with E-state index in [0.29, 0.717) is 10.6 Å². The number of nitrogens with one attached hydrogen (secondary N) is 1. The van der Waals surface area contributed by atoms with Crippen LogP contribution in [0.5, 0.6) is 0 Å². The number of anilines is 1. The Morgan fingerprint density at radius 1 is 1.40 bits per heavy atom. The van der Waals surface area contributed by atoms with Gasteiger partial charge < -0.3 is 10.6 Å². The van der Waals surface area contributed by atoms with E-state index in [2.05, 4.69) is 11.8 Å². The van der Waals surface area contributed by atoms with E-state index >= 15 is 0 Å². The molecule has 0 aromatic heterocycles. The first-order valence-electron chi connectivity index (χ1n) is 7.50. The lowest BCUT2D eigenvalue weighted by Crippen LogP contribution is -2.24. The molecule has 1 atom stereocenters. The second-order valence-electron chi connectivity index (χ2n) is 5.65. The number of hydrogen-bond donors (Lipinski definition) is 2. The third kappa shape index (κ3) is 3.66. The van der Waals surface area contributed by atoms with Gasteiger partial charge in [0.25, 0.3) is 0 Å². The van der Waals surface area contributed by atoms with Crippen LogP contribution in [0, 0.1) is 11.3 Å². The maximum atomic E-state index is 7.48. The Morgan fingerprint density at radius 2 is 2.20 bits per heavy atom. The van der Waals surface area contributed by atoms with Crippen LogP contribution in [0.3, 0.4) is 0 Å². The van der Waals surface area contributed by atoms with Crippen molar-refractivity contribution in [3.05, 3.63) is 28.8 Å². The van der Waals surface area contributed by atoms with Crippen LogP contribution in [0.2, 0.25) is 5.02 Å². The molecule has 4 heteroatoms. The van der Waals surface area contributed by atoms with Crippen LogP contribution in [-0.4, -0.2) is 18.9 Å². The number of hydrogen-bond acceptors (Lipinski definition) is 2. The topological polar surface area (TPSA) is 53.1 Å². The van der Waals surface area contributed by atoms with Crippen LogP contribution < -0.4 is 10.6 Å². The van der Waals surface area contributed by atoms with E-state index in [1.165, 1.54) is 32.1 Å². The number of halogens is 1. The molecule has 3 nitrogen and oxygen atoms in total. The fourth-order valence-corrected chi connectivity index (χ4v) is 3.32. The van der Waals surface area contributed by atoms with Gasteiger partial charge in [-0.3, -0.25) is 5.41 Å². The summed E-state index contributed by atoms with van der Waals surface area (Å²) in [4.78, 5) is 2.41. The summed E-state index contributed by atoms with van der Waals surface area (Å²) in [5.74, 6) is 0.900. The molecule has 1 fully saturated rings. The molecule has 0 amide bonds. The van der Waals surface area contributed by atoms with E-state index in [9.17, 15) is 0 Å². The van der Waals surface area contributed by atoms with E-state index < -0.39 is 0 Å². The summed E-state index contributed by atoms with van der Waals surface area (Å²) in [7, 11) is 0. The van der Waals surface area contributed by atoms with Crippen molar-refractivity contribution in [2.45, 2.75) is 39.0 Å². The number of rotatable bonds is 4. The molecule has 0 spiro atoms. The van der Waals surface area contributed by atoms with Gasteiger partial charge in [0.15, 0.2) is 0 Å². The highest BCUT2D eigenvalue weighted by atomic mass is 35.5. The zero-order valence-electron chi connectivity index (χ0n) is 12.2. The molecule has 1 aromatic carbocycles. The Labute approximate surface area is 126 Å². The van der Waals surface area contributed by atoms with Crippen LogP contribution in [0.15, 0.2) is 18.2 Å². The Bertz CT molecular complexity index is 473. The van der Waals surface area contributed by atoms with Gasteiger partial charge in [0, 0.05) is 24.3 Å². The molecule has 1 aliphatic heterocycles. The average molecular weight is 294 g/mol. The van der Waals surface area contributed by atoms with Crippen molar-refractivity contribution in [1.82, 2.24) is 0 Å². The van der Waals surface area contributed by atoms with Crippen LogP contribution in [0.1, 0.15) is 44.6 Å². The summed E-state index contributed by atoms with van der Waals surface area (Å²) in [6.07, 6.45) is 6.47. The fraction of sp³-hybridized carbons (Fsp3) is 0.562. The van der Waals surface area contributed by atoms with Crippen molar-refractivity contribution < 1.29 is 0 Å². The number of nitrogens with two attached hydrogens (primary N) is 1. The molecule has 0 radical (unpaired) electrons. The first-order chi connectivity index (χ1) is 9.61. The lowest BCUT2D eigenvalue weighted by atomic mass is 9.96. The van der Waals surface area contributed by atoms with Crippen molar-refractivity contribution in [2.24, 2.45) is 11.7 Å². The minimum Gasteiger partial charge on any atom is -0.384 e. The minimum absolute atomic E-state index is 0.0282. The molecule has 1 saturated heterocycles. The van der Waals surface area contributed by atoms with Crippen molar-refractivity contribution >= 4 is 23.1 Å². The lowest BCUT2D eigenvalue weighted by Gasteiger charge is -2.23. The van der Waals surface area contributed by atoms with Gasteiger partial charge in [-0.25, -0.2) is 0 Å². The van der Waals surface area contributed by atoms with Crippen LogP contribution in [0.4, 0.5) is 5.69 Å². The third-order valence-electron chi connectivity index (χ3n) is 4.15. The maximum Gasteiger partial charge on any atom is 0.124 e. The molecular weight excluding hydrogens is 270 g/mol. The Balaban J connectivity index is 2.08. The number of amidine groups is 1. The predicted molar refractivity (Wildman–Crippen MR) is 86.9 cm³/mol. The molecule has 0 bridgehead atoms. The molecule has 20 heavy (non-hydrogen) atoms. The summed E-state index contributed by atoms with van der Waals surface area (Å²) in [6, 6.07) is 5.83. The monoisotopic (exact) mass is 293 g/mol. The molecule has 2 rings (SSSR count). The van der Waals surface area contributed by atoms with Crippen molar-refractivity contribution in [1.29, 1.82) is 5.41 Å². The van der Waals surface area contributed by atoms with Crippen LogP contribution in [0.25, 0.3) is 0 Å². The molecule has 0 aliphatic carbocycles. The largest absolute Gasteiger partial charge is 0.384 e. The maximum absolute atomic E-state index is 7.48. The highest BCUT2D eigenvalue weighted by molar-refractivity contribution is 6.34. The van der Waals surface area contributed by atoms with Gasteiger partial charge in [-0.15, -0.1) is 0 Å².